The smallest absolute Gasteiger partial charge is 0.238 e. The van der Waals surface area contributed by atoms with Crippen LogP contribution in [0.25, 0.3) is 0 Å². The molecule has 1 aliphatic heterocycles. The number of β-amino-alcohol motifs (C(OH)–C–C–N with tert-alkyl or cyclic N) is 1. The van der Waals surface area contributed by atoms with Crippen molar-refractivity contribution < 1.29 is 9.84 Å². The lowest BCUT2D eigenvalue weighted by atomic mass is 10.2. The van der Waals surface area contributed by atoms with Crippen molar-refractivity contribution in [3.63, 3.8) is 0 Å². The molecule has 3 heterocycles. The summed E-state index contributed by atoms with van der Waals surface area (Å²) in [5, 5.41) is 20.5. The SMILES string of the molecule is Cc1ccc(Oc2ccc(Nc3nc(C)nc(N4CCN(CCO)CC4)n3)nn2)cc1. The number of benzene rings is 1. The molecule has 10 nitrogen and oxygen atoms in total. The number of ether oxygens (including phenoxy) is 1. The van der Waals surface area contributed by atoms with Crippen LogP contribution >= 0.6 is 0 Å². The second kappa shape index (κ2) is 9.63. The van der Waals surface area contributed by atoms with Crippen LogP contribution in [0.3, 0.4) is 0 Å². The van der Waals surface area contributed by atoms with Gasteiger partial charge in [-0.3, -0.25) is 4.90 Å². The van der Waals surface area contributed by atoms with Crippen LogP contribution in [0, 0.1) is 13.8 Å². The first kappa shape index (κ1) is 20.9. The van der Waals surface area contributed by atoms with E-state index in [1.165, 1.54) is 0 Å². The molecule has 2 aromatic heterocycles. The molecule has 0 radical (unpaired) electrons. The molecule has 0 amide bonds. The molecule has 1 saturated heterocycles. The topological polar surface area (TPSA) is 112 Å². The lowest BCUT2D eigenvalue weighted by Crippen LogP contribution is -2.47. The number of aromatic nitrogens is 5. The fourth-order valence-corrected chi connectivity index (χ4v) is 3.26. The van der Waals surface area contributed by atoms with Crippen LogP contribution in [0.15, 0.2) is 36.4 Å². The predicted octanol–water partition coefficient (Wildman–Crippen LogP) is 1.93. The van der Waals surface area contributed by atoms with Crippen LogP contribution in [0.5, 0.6) is 11.6 Å². The molecule has 1 fully saturated rings. The summed E-state index contributed by atoms with van der Waals surface area (Å²) in [4.78, 5) is 17.7. The highest BCUT2D eigenvalue weighted by Crippen LogP contribution is 2.21. The lowest BCUT2D eigenvalue weighted by Gasteiger charge is -2.34. The first-order valence-electron chi connectivity index (χ1n) is 10.3. The molecule has 0 saturated carbocycles. The van der Waals surface area contributed by atoms with Gasteiger partial charge < -0.3 is 20.1 Å². The summed E-state index contributed by atoms with van der Waals surface area (Å²) in [5.41, 5.74) is 1.16. The van der Waals surface area contributed by atoms with Gasteiger partial charge in [-0.25, -0.2) is 0 Å². The van der Waals surface area contributed by atoms with Crippen molar-refractivity contribution in [3.8, 4) is 11.6 Å². The number of aliphatic hydroxyl groups excluding tert-OH is 1. The van der Waals surface area contributed by atoms with Crippen LogP contribution in [-0.2, 0) is 0 Å². The Morgan fingerprint density at radius 2 is 1.71 bits per heavy atom. The molecule has 31 heavy (non-hydrogen) atoms. The Kier molecular flexibility index (Phi) is 6.48. The van der Waals surface area contributed by atoms with Gasteiger partial charge in [0.1, 0.15) is 11.6 Å². The summed E-state index contributed by atoms with van der Waals surface area (Å²) in [6, 6.07) is 11.2. The van der Waals surface area contributed by atoms with Gasteiger partial charge in [-0.15, -0.1) is 10.2 Å². The van der Waals surface area contributed by atoms with Gasteiger partial charge in [0.2, 0.25) is 17.8 Å². The summed E-state index contributed by atoms with van der Waals surface area (Å²) in [7, 11) is 0. The van der Waals surface area contributed by atoms with Gasteiger partial charge >= 0.3 is 0 Å². The van der Waals surface area contributed by atoms with E-state index in [1.807, 2.05) is 38.1 Å². The van der Waals surface area contributed by atoms with Crippen LogP contribution in [0.2, 0.25) is 0 Å². The minimum absolute atomic E-state index is 0.175. The van der Waals surface area contributed by atoms with Gasteiger partial charge in [-0.05, 0) is 32.0 Å². The van der Waals surface area contributed by atoms with Gasteiger partial charge in [-0.1, -0.05) is 17.7 Å². The number of piperazine rings is 1. The minimum Gasteiger partial charge on any atom is -0.438 e. The van der Waals surface area contributed by atoms with Gasteiger partial charge in [0, 0.05) is 38.8 Å². The van der Waals surface area contributed by atoms with Crippen molar-refractivity contribution in [1.29, 1.82) is 0 Å². The first-order valence-corrected chi connectivity index (χ1v) is 10.3. The van der Waals surface area contributed by atoms with Gasteiger partial charge in [-0.2, -0.15) is 15.0 Å². The lowest BCUT2D eigenvalue weighted by molar-refractivity contribution is 0.188. The summed E-state index contributed by atoms with van der Waals surface area (Å²) in [5.74, 6) is 3.30. The maximum atomic E-state index is 9.10. The van der Waals surface area contributed by atoms with Crippen molar-refractivity contribution >= 4 is 17.7 Å². The fraction of sp³-hybridized carbons (Fsp3) is 0.381. The zero-order valence-corrected chi connectivity index (χ0v) is 17.7. The molecule has 0 aliphatic carbocycles. The number of aliphatic hydroxyl groups is 1. The third-order valence-electron chi connectivity index (χ3n) is 4.93. The zero-order valence-electron chi connectivity index (χ0n) is 17.7. The second-order valence-electron chi connectivity index (χ2n) is 7.36. The average molecular weight is 422 g/mol. The number of hydrogen-bond acceptors (Lipinski definition) is 10. The molecular formula is C21H26N8O2. The van der Waals surface area contributed by atoms with E-state index in [4.69, 9.17) is 9.84 Å². The standard InChI is InChI=1S/C21H26N8O2/c1-15-3-5-17(6-4-15)31-19-8-7-18(26-27-19)24-20-22-16(2)23-21(25-20)29-11-9-28(10-12-29)13-14-30/h3-8,30H,9-14H2,1-2H3,(H,22,23,24,25,26). The van der Waals surface area contributed by atoms with E-state index in [9.17, 15) is 0 Å². The Labute approximate surface area is 181 Å². The van der Waals surface area contributed by atoms with E-state index in [-0.39, 0.29) is 6.61 Å². The molecule has 0 unspecified atom stereocenters. The van der Waals surface area contributed by atoms with Gasteiger partial charge in [0.05, 0.1) is 6.61 Å². The molecule has 10 heteroatoms. The zero-order chi connectivity index (χ0) is 21.6. The first-order chi connectivity index (χ1) is 15.1. The third-order valence-corrected chi connectivity index (χ3v) is 4.93. The number of nitrogens with zero attached hydrogens (tertiary/aromatic N) is 7. The Balaban J connectivity index is 1.40. The van der Waals surface area contributed by atoms with Crippen molar-refractivity contribution in [3.05, 3.63) is 47.8 Å². The molecule has 3 aromatic rings. The van der Waals surface area contributed by atoms with E-state index in [1.54, 1.807) is 12.1 Å². The Morgan fingerprint density at radius 3 is 2.39 bits per heavy atom. The summed E-state index contributed by atoms with van der Waals surface area (Å²) in [6.45, 7) is 8.05. The van der Waals surface area contributed by atoms with Gasteiger partial charge in [0.25, 0.3) is 0 Å². The van der Waals surface area contributed by atoms with Crippen molar-refractivity contribution in [1.82, 2.24) is 30.0 Å². The Bertz CT molecular complexity index is 989. The summed E-state index contributed by atoms with van der Waals surface area (Å²) < 4.78 is 5.71. The minimum atomic E-state index is 0.175. The quantitative estimate of drug-likeness (QED) is 0.585. The Morgan fingerprint density at radius 1 is 0.935 bits per heavy atom. The largest absolute Gasteiger partial charge is 0.438 e. The number of rotatable bonds is 7. The van der Waals surface area contributed by atoms with E-state index in [0.29, 0.717) is 41.7 Å². The number of nitrogens with one attached hydrogen (secondary N) is 1. The van der Waals surface area contributed by atoms with Gasteiger partial charge in [0.15, 0.2) is 5.82 Å². The molecule has 4 rings (SSSR count). The fourth-order valence-electron chi connectivity index (χ4n) is 3.26. The maximum Gasteiger partial charge on any atom is 0.238 e. The molecule has 0 spiro atoms. The highest BCUT2D eigenvalue weighted by Gasteiger charge is 2.19. The normalized spacial score (nSPS) is 14.5. The van der Waals surface area contributed by atoms with Crippen LogP contribution in [-0.4, -0.2) is 74.5 Å². The van der Waals surface area contributed by atoms with Crippen molar-refractivity contribution in [2.45, 2.75) is 13.8 Å². The van der Waals surface area contributed by atoms with Crippen molar-refractivity contribution in [2.75, 3.05) is 49.5 Å². The summed E-state index contributed by atoms with van der Waals surface area (Å²) in [6.07, 6.45) is 0. The van der Waals surface area contributed by atoms with E-state index < -0.39 is 0 Å². The van der Waals surface area contributed by atoms with E-state index in [0.717, 1.165) is 31.7 Å². The average Bonchev–Trinajstić information content (AvgIpc) is 2.77. The van der Waals surface area contributed by atoms with E-state index >= 15 is 0 Å². The Hall–Kier alpha value is -3.37. The molecule has 162 valence electrons. The molecule has 0 bridgehead atoms. The van der Waals surface area contributed by atoms with Crippen LogP contribution in [0.1, 0.15) is 11.4 Å². The number of anilines is 3. The van der Waals surface area contributed by atoms with E-state index in [2.05, 4.69) is 40.3 Å². The summed E-state index contributed by atoms with van der Waals surface area (Å²) >= 11 is 0. The second-order valence-corrected chi connectivity index (χ2v) is 7.36. The molecule has 2 N–H and O–H groups in total. The molecule has 0 atom stereocenters. The predicted molar refractivity (Wildman–Crippen MR) is 117 cm³/mol. The van der Waals surface area contributed by atoms with Crippen LogP contribution in [0.4, 0.5) is 17.7 Å². The highest BCUT2D eigenvalue weighted by molar-refractivity contribution is 5.49. The molecular weight excluding hydrogens is 396 g/mol. The third kappa shape index (κ3) is 5.62. The van der Waals surface area contributed by atoms with Crippen molar-refractivity contribution in [2.24, 2.45) is 0 Å². The maximum absolute atomic E-state index is 9.10. The highest BCUT2D eigenvalue weighted by atomic mass is 16.5. The number of aryl methyl sites for hydroxylation is 2. The molecule has 1 aromatic carbocycles. The monoisotopic (exact) mass is 422 g/mol. The number of hydrogen-bond donors (Lipinski definition) is 2. The molecule has 1 aliphatic rings. The van der Waals surface area contributed by atoms with Crippen LogP contribution < -0.4 is 15.0 Å².